The molecule has 0 amide bonds. The standard InChI is InChI=1S/C6H8ClNO2S2/c1-8-12(2)10-9-6-4-3-5(7)11-6/h3-4H,1-2H3. The molecule has 1 unspecified atom stereocenters. The molecule has 0 spiro atoms. The van der Waals surface area contributed by atoms with Crippen molar-refractivity contribution in [2.24, 2.45) is 4.36 Å². The zero-order chi connectivity index (χ0) is 8.97. The Balaban J connectivity index is 2.43. The zero-order valence-corrected chi connectivity index (χ0v) is 9.00. The van der Waals surface area contributed by atoms with E-state index in [9.17, 15) is 0 Å². The summed E-state index contributed by atoms with van der Waals surface area (Å²) in [6, 6.07) is 3.50. The lowest BCUT2D eigenvalue weighted by molar-refractivity contribution is -0.0771. The van der Waals surface area contributed by atoms with E-state index in [0.29, 0.717) is 9.40 Å². The lowest BCUT2D eigenvalue weighted by Gasteiger charge is -1.99. The zero-order valence-electron chi connectivity index (χ0n) is 6.61. The average molecular weight is 226 g/mol. The normalized spacial score (nSPS) is 13.2. The minimum Gasteiger partial charge on any atom is -0.313 e. The molecule has 1 aromatic rings. The Kier molecular flexibility index (Phi) is 4.00. The Hall–Kier alpha value is -0.100. The minimum atomic E-state index is -0.502. The van der Waals surface area contributed by atoms with Crippen molar-refractivity contribution in [3.63, 3.8) is 0 Å². The van der Waals surface area contributed by atoms with E-state index in [0.717, 1.165) is 0 Å². The molecule has 0 saturated carbocycles. The maximum absolute atomic E-state index is 5.67. The van der Waals surface area contributed by atoms with Crippen molar-refractivity contribution in [2.75, 3.05) is 13.3 Å². The lowest BCUT2D eigenvalue weighted by Crippen LogP contribution is -1.97. The van der Waals surface area contributed by atoms with Crippen LogP contribution in [0.1, 0.15) is 0 Å². The molecule has 0 aliphatic carbocycles. The Labute approximate surface area is 82.5 Å². The summed E-state index contributed by atoms with van der Waals surface area (Å²) in [5.74, 6) is 0. The first kappa shape index (κ1) is 9.98. The Morgan fingerprint density at radius 3 is 2.83 bits per heavy atom. The van der Waals surface area contributed by atoms with Crippen LogP contribution in [0, 0.1) is 0 Å². The number of nitrogens with zero attached hydrogens (tertiary/aromatic N) is 1. The molecule has 3 nitrogen and oxygen atoms in total. The van der Waals surface area contributed by atoms with Crippen LogP contribution in [0.2, 0.25) is 4.34 Å². The third-order valence-corrected chi connectivity index (χ3v) is 2.89. The first-order valence-electron chi connectivity index (χ1n) is 3.08. The highest BCUT2D eigenvalue weighted by molar-refractivity contribution is 7.81. The number of hydrogen-bond donors (Lipinski definition) is 0. The average Bonchev–Trinajstić information content (AvgIpc) is 2.47. The Morgan fingerprint density at radius 2 is 2.33 bits per heavy atom. The van der Waals surface area contributed by atoms with Gasteiger partial charge in [-0.25, -0.2) is 4.36 Å². The molecule has 0 aliphatic rings. The van der Waals surface area contributed by atoms with Gasteiger partial charge in [0, 0.05) is 13.3 Å². The predicted molar refractivity (Wildman–Crippen MR) is 52.7 cm³/mol. The van der Waals surface area contributed by atoms with Crippen LogP contribution in [0.3, 0.4) is 0 Å². The van der Waals surface area contributed by atoms with Gasteiger partial charge in [0.05, 0.1) is 15.3 Å². The summed E-state index contributed by atoms with van der Waals surface area (Å²) in [5.41, 5.74) is 0. The van der Waals surface area contributed by atoms with Crippen molar-refractivity contribution in [3.05, 3.63) is 16.5 Å². The number of rotatable bonds is 3. The molecule has 12 heavy (non-hydrogen) atoms. The van der Waals surface area contributed by atoms with Gasteiger partial charge in [-0.2, -0.15) is 0 Å². The minimum absolute atomic E-state index is 0.502. The van der Waals surface area contributed by atoms with Crippen molar-refractivity contribution in [1.29, 1.82) is 0 Å². The molecule has 1 atom stereocenters. The first-order valence-corrected chi connectivity index (χ1v) is 5.79. The molecule has 0 bridgehead atoms. The highest BCUT2D eigenvalue weighted by atomic mass is 35.5. The number of thiophene rings is 1. The van der Waals surface area contributed by atoms with Crippen molar-refractivity contribution in [1.82, 2.24) is 0 Å². The summed E-state index contributed by atoms with van der Waals surface area (Å²) >= 11 is 6.99. The van der Waals surface area contributed by atoms with Crippen LogP contribution in [0.4, 0.5) is 0 Å². The molecule has 6 heteroatoms. The van der Waals surface area contributed by atoms with Gasteiger partial charge in [-0.05, 0) is 12.1 Å². The summed E-state index contributed by atoms with van der Waals surface area (Å²) in [4.78, 5) is 4.93. The van der Waals surface area contributed by atoms with E-state index in [4.69, 9.17) is 20.8 Å². The van der Waals surface area contributed by atoms with Gasteiger partial charge in [0.15, 0.2) is 0 Å². The maximum Gasteiger partial charge on any atom is 0.221 e. The molecule has 0 radical (unpaired) electrons. The SMILES string of the molecule is CN=S(C)OOc1ccc(Cl)s1. The molecule has 0 aromatic carbocycles. The molecule has 0 fully saturated rings. The molecule has 1 heterocycles. The van der Waals surface area contributed by atoms with Crippen molar-refractivity contribution < 1.29 is 9.22 Å². The Bertz CT molecular complexity index is 287. The highest BCUT2D eigenvalue weighted by Crippen LogP contribution is 2.28. The summed E-state index contributed by atoms with van der Waals surface area (Å²) in [5, 5.41) is 0.642. The van der Waals surface area contributed by atoms with Gasteiger partial charge < -0.3 is 4.89 Å². The van der Waals surface area contributed by atoms with E-state index in [1.165, 1.54) is 11.3 Å². The van der Waals surface area contributed by atoms with Gasteiger partial charge in [0.2, 0.25) is 5.06 Å². The molecule has 0 aliphatic heterocycles. The molecular weight excluding hydrogens is 218 g/mol. The second kappa shape index (κ2) is 4.81. The maximum atomic E-state index is 5.67. The monoisotopic (exact) mass is 225 g/mol. The van der Waals surface area contributed by atoms with Gasteiger partial charge in [0.1, 0.15) is 0 Å². The molecule has 1 rings (SSSR count). The van der Waals surface area contributed by atoms with E-state index in [1.54, 1.807) is 19.2 Å². The third kappa shape index (κ3) is 3.10. The van der Waals surface area contributed by atoms with Gasteiger partial charge in [-0.1, -0.05) is 22.9 Å². The van der Waals surface area contributed by atoms with E-state index >= 15 is 0 Å². The first-order chi connectivity index (χ1) is 5.72. The van der Waals surface area contributed by atoms with E-state index in [2.05, 4.69) is 4.36 Å². The summed E-state index contributed by atoms with van der Waals surface area (Å²) in [6.07, 6.45) is 1.81. The van der Waals surface area contributed by atoms with Crippen LogP contribution in [0.15, 0.2) is 16.5 Å². The van der Waals surface area contributed by atoms with Crippen LogP contribution >= 0.6 is 22.9 Å². The van der Waals surface area contributed by atoms with E-state index in [-0.39, 0.29) is 0 Å². The van der Waals surface area contributed by atoms with Gasteiger partial charge >= 0.3 is 0 Å². The summed E-state index contributed by atoms with van der Waals surface area (Å²) in [7, 11) is 1.17. The van der Waals surface area contributed by atoms with Crippen LogP contribution in [-0.2, 0) is 15.3 Å². The molecular formula is C6H8ClNO2S2. The second-order valence-electron chi connectivity index (χ2n) is 1.82. The van der Waals surface area contributed by atoms with Gasteiger partial charge in [-0.3, -0.25) is 0 Å². The summed E-state index contributed by atoms with van der Waals surface area (Å²) in [6.45, 7) is 0. The second-order valence-corrected chi connectivity index (χ2v) is 4.84. The van der Waals surface area contributed by atoms with Crippen molar-refractivity contribution >= 4 is 33.9 Å². The predicted octanol–water partition coefficient (Wildman–Crippen LogP) is 2.69. The largest absolute Gasteiger partial charge is 0.313 e. The fraction of sp³-hybridized carbons (Fsp3) is 0.333. The van der Waals surface area contributed by atoms with Crippen LogP contribution < -0.4 is 4.89 Å². The van der Waals surface area contributed by atoms with Crippen molar-refractivity contribution in [3.8, 4) is 5.06 Å². The van der Waals surface area contributed by atoms with E-state index in [1.807, 2.05) is 6.26 Å². The van der Waals surface area contributed by atoms with E-state index < -0.39 is 11.0 Å². The fourth-order valence-electron chi connectivity index (χ4n) is 0.456. The summed E-state index contributed by atoms with van der Waals surface area (Å²) < 4.78 is 9.44. The number of halogens is 1. The van der Waals surface area contributed by atoms with Crippen LogP contribution in [0.5, 0.6) is 5.06 Å². The number of hydrogen-bond acceptors (Lipinski definition) is 4. The Morgan fingerprint density at radius 1 is 1.58 bits per heavy atom. The molecule has 68 valence electrons. The third-order valence-electron chi connectivity index (χ3n) is 1.02. The van der Waals surface area contributed by atoms with Gasteiger partial charge in [0.25, 0.3) is 0 Å². The molecule has 1 aromatic heterocycles. The molecule has 0 N–H and O–H groups in total. The fourth-order valence-corrected chi connectivity index (χ4v) is 1.55. The molecule has 0 saturated heterocycles. The van der Waals surface area contributed by atoms with Crippen LogP contribution in [0.25, 0.3) is 0 Å². The quantitative estimate of drug-likeness (QED) is 0.585. The lowest BCUT2D eigenvalue weighted by atomic mass is 10.7. The van der Waals surface area contributed by atoms with Crippen molar-refractivity contribution in [2.45, 2.75) is 0 Å². The smallest absolute Gasteiger partial charge is 0.221 e. The highest BCUT2D eigenvalue weighted by Gasteiger charge is 1.99. The van der Waals surface area contributed by atoms with Gasteiger partial charge in [-0.15, -0.1) is 4.33 Å². The topological polar surface area (TPSA) is 30.8 Å². The van der Waals surface area contributed by atoms with Crippen LogP contribution in [-0.4, -0.2) is 13.3 Å².